The predicted molar refractivity (Wildman–Crippen MR) is 65.0 cm³/mol. The largest absolute Gasteiger partial charge is 0.252 e. The van der Waals surface area contributed by atoms with Crippen LogP contribution in [-0.4, -0.2) is 4.98 Å². The van der Waals surface area contributed by atoms with E-state index in [1.54, 1.807) is 11.3 Å². The van der Waals surface area contributed by atoms with Gasteiger partial charge in [-0.25, -0.2) is 0 Å². The highest BCUT2D eigenvalue weighted by Crippen LogP contribution is 2.37. The van der Waals surface area contributed by atoms with Gasteiger partial charge in [-0.2, -0.15) is 0 Å². The Morgan fingerprint density at radius 1 is 1.43 bits per heavy atom. The van der Waals surface area contributed by atoms with E-state index in [1.807, 2.05) is 31.2 Å². The molecule has 1 nitrogen and oxygen atoms in total. The molecule has 14 heavy (non-hydrogen) atoms. The van der Waals surface area contributed by atoms with E-state index in [2.05, 4.69) is 20.9 Å². The van der Waals surface area contributed by atoms with Crippen molar-refractivity contribution in [2.24, 2.45) is 0 Å². The van der Waals surface area contributed by atoms with E-state index in [0.29, 0.717) is 0 Å². The predicted octanol–water partition coefficient (Wildman–Crippen LogP) is 4.53. The molecule has 0 fully saturated rings. The van der Waals surface area contributed by atoms with Crippen molar-refractivity contribution in [2.45, 2.75) is 6.92 Å². The van der Waals surface area contributed by atoms with E-state index in [4.69, 9.17) is 11.6 Å². The van der Waals surface area contributed by atoms with Crippen LogP contribution in [0.4, 0.5) is 0 Å². The Hall–Kier alpha value is -0.380. The first-order valence-electron chi connectivity index (χ1n) is 4.05. The van der Waals surface area contributed by atoms with Gasteiger partial charge in [-0.15, -0.1) is 11.3 Å². The minimum absolute atomic E-state index is 0.744. The van der Waals surface area contributed by atoms with Crippen LogP contribution < -0.4 is 0 Å². The van der Waals surface area contributed by atoms with E-state index >= 15 is 0 Å². The summed E-state index contributed by atoms with van der Waals surface area (Å²) >= 11 is 10.9. The molecule has 2 heterocycles. The van der Waals surface area contributed by atoms with Gasteiger partial charge in [-0.05, 0) is 41.1 Å². The van der Waals surface area contributed by atoms with E-state index in [1.165, 1.54) is 0 Å². The van der Waals surface area contributed by atoms with Crippen molar-refractivity contribution < 1.29 is 0 Å². The van der Waals surface area contributed by atoms with E-state index in [9.17, 15) is 0 Å². The minimum atomic E-state index is 0.744. The fourth-order valence-electron chi connectivity index (χ4n) is 1.15. The molecule has 2 aromatic heterocycles. The normalized spacial score (nSPS) is 10.5. The zero-order valence-electron chi connectivity index (χ0n) is 7.42. The van der Waals surface area contributed by atoms with Crippen molar-refractivity contribution >= 4 is 38.9 Å². The number of halogens is 2. The summed E-state index contributed by atoms with van der Waals surface area (Å²) in [5.41, 5.74) is 1.99. The number of aryl methyl sites for hydroxylation is 1. The third kappa shape index (κ3) is 2.00. The van der Waals surface area contributed by atoms with Gasteiger partial charge in [0.25, 0.3) is 0 Å². The van der Waals surface area contributed by atoms with Crippen LogP contribution in [0.3, 0.4) is 0 Å². The van der Waals surface area contributed by atoms with Crippen LogP contribution >= 0.6 is 38.9 Å². The standard InChI is InChI=1S/C10H7BrClNS/c1-6-3-2-4-8(13-6)9-5-7(12)10(11)14-9/h2-5H,1H3. The zero-order chi connectivity index (χ0) is 10.1. The summed E-state index contributed by atoms with van der Waals surface area (Å²) in [6, 6.07) is 7.90. The Morgan fingerprint density at radius 2 is 2.21 bits per heavy atom. The first kappa shape index (κ1) is 10.1. The molecule has 0 aliphatic rings. The number of pyridine rings is 1. The molecule has 0 unspecified atom stereocenters. The fourth-order valence-corrected chi connectivity index (χ4v) is 2.82. The van der Waals surface area contributed by atoms with Gasteiger partial charge in [0.15, 0.2) is 0 Å². The van der Waals surface area contributed by atoms with Crippen LogP contribution in [0.1, 0.15) is 5.69 Å². The first-order valence-corrected chi connectivity index (χ1v) is 6.04. The molecule has 72 valence electrons. The molecule has 0 aliphatic heterocycles. The molecule has 2 aromatic rings. The highest BCUT2D eigenvalue weighted by Gasteiger charge is 2.07. The minimum Gasteiger partial charge on any atom is -0.252 e. The molecule has 4 heteroatoms. The zero-order valence-corrected chi connectivity index (χ0v) is 10.6. The molecule has 0 aliphatic carbocycles. The van der Waals surface area contributed by atoms with Crippen molar-refractivity contribution in [3.05, 3.63) is 38.8 Å². The molecule has 0 saturated heterocycles. The number of nitrogens with zero attached hydrogens (tertiary/aromatic N) is 1. The number of thiophene rings is 1. The van der Waals surface area contributed by atoms with Crippen LogP contribution in [-0.2, 0) is 0 Å². The third-order valence-electron chi connectivity index (χ3n) is 1.79. The van der Waals surface area contributed by atoms with Crippen molar-refractivity contribution in [3.63, 3.8) is 0 Å². The lowest BCUT2D eigenvalue weighted by atomic mass is 10.3. The second-order valence-electron chi connectivity index (χ2n) is 2.90. The monoisotopic (exact) mass is 287 g/mol. The number of aromatic nitrogens is 1. The van der Waals surface area contributed by atoms with Crippen molar-refractivity contribution in [1.29, 1.82) is 0 Å². The van der Waals surface area contributed by atoms with E-state index < -0.39 is 0 Å². The SMILES string of the molecule is Cc1cccc(-c2cc(Cl)c(Br)s2)n1. The average Bonchev–Trinajstić information content (AvgIpc) is 2.47. The van der Waals surface area contributed by atoms with Crippen LogP contribution in [0.15, 0.2) is 28.1 Å². The lowest BCUT2D eigenvalue weighted by Crippen LogP contribution is -1.82. The molecule has 2 rings (SSSR count). The smallest absolute Gasteiger partial charge is 0.0891 e. The van der Waals surface area contributed by atoms with Crippen LogP contribution in [0.5, 0.6) is 0 Å². The number of hydrogen-bond donors (Lipinski definition) is 0. The maximum atomic E-state index is 5.95. The lowest BCUT2D eigenvalue weighted by molar-refractivity contribution is 1.21. The Bertz CT molecular complexity index is 447. The van der Waals surface area contributed by atoms with Gasteiger partial charge in [0.1, 0.15) is 0 Å². The Balaban J connectivity index is 2.49. The molecule has 0 N–H and O–H groups in total. The average molecular weight is 289 g/mol. The summed E-state index contributed by atoms with van der Waals surface area (Å²) in [4.78, 5) is 5.52. The summed E-state index contributed by atoms with van der Waals surface area (Å²) < 4.78 is 0.956. The van der Waals surface area contributed by atoms with Gasteiger partial charge < -0.3 is 0 Å². The van der Waals surface area contributed by atoms with E-state index in [-0.39, 0.29) is 0 Å². The molecular formula is C10H7BrClNS. The van der Waals surface area contributed by atoms with Gasteiger partial charge in [0, 0.05) is 5.69 Å². The molecular weight excluding hydrogens is 282 g/mol. The number of rotatable bonds is 1. The van der Waals surface area contributed by atoms with Crippen molar-refractivity contribution in [1.82, 2.24) is 4.98 Å². The summed E-state index contributed by atoms with van der Waals surface area (Å²) in [7, 11) is 0. The van der Waals surface area contributed by atoms with E-state index in [0.717, 1.165) is 25.1 Å². The van der Waals surface area contributed by atoms with Crippen LogP contribution in [0.25, 0.3) is 10.6 Å². The van der Waals surface area contributed by atoms with Gasteiger partial charge in [-0.1, -0.05) is 17.7 Å². The van der Waals surface area contributed by atoms with Crippen molar-refractivity contribution in [2.75, 3.05) is 0 Å². The third-order valence-corrected chi connectivity index (χ3v) is 4.28. The lowest BCUT2D eigenvalue weighted by Gasteiger charge is -1.96. The summed E-state index contributed by atoms with van der Waals surface area (Å²) in [5, 5.41) is 0.744. The second-order valence-corrected chi connectivity index (χ2v) is 5.67. The van der Waals surface area contributed by atoms with Crippen molar-refractivity contribution in [3.8, 4) is 10.6 Å². The van der Waals surface area contributed by atoms with Crippen LogP contribution in [0.2, 0.25) is 5.02 Å². The van der Waals surface area contributed by atoms with Gasteiger partial charge in [0.05, 0.1) is 19.4 Å². The first-order chi connectivity index (χ1) is 6.66. The summed E-state index contributed by atoms with van der Waals surface area (Å²) in [5.74, 6) is 0. The molecule has 0 aromatic carbocycles. The second kappa shape index (κ2) is 4.01. The number of hydrogen-bond acceptors (Lipinski definition) is 2. The Labute approximate surface area is 99.9 Å². The highest BCUT2D eigenvalue weighted by atomic mass is 79.9. The van der Waals surface area contributed by atoms with Gasteiger partial charge in [0.2, 0.25) is 0 Å². The molecule has 0 saturated carbocycles. The quantitative estimate of drug-likeness (QED) is 0.751. The van der Waals surface area contributed by atoms with Gasteiger partial charge in [-0.3, -0.25) is 4.98 Å². The molecule has 0 amide bonds. The summed E-state index contributed by atoms with van der Waals surface area (Å²) in [6.07, 6.45) is 0. The molecule has 0 radical (unpaired) electrons. The van der Waals surface area contributed by atoms with Gasteiger partial charge >= 0.3 is 0 Å². The highest BCUT2D eigenvalue weighted by molar-refractivity contribution is 9.11. The molecule has 0 bridgehead atoms. The fraction of sp³-hybridized carbons (Fsp3) is 0.100. The topological polar surface area (TPSA) is 12.9 Å². The summed E-state index contributed by atoms with van der Waals surface area (Å²) in [6.45, 7) is 1.98. The maximum absolute atomic E-state index is 5.95. The molecule has 0 spiro atoms. The maximum Gasteiger partial charge on any atom is 0.0891 e. The Morgan fingerprint density at radius 3 is 2.79 bits per heavy atom. The Kier molecular flexibility index (Phi) is 2.91. The van der Waals surface area contributed by atoms with Crippen LogP contribution in [0, 0.1) is 6.92 Å². The molecule has 0 atom stereocenters.